The van der Waals surface area contributed by atoms with Gasteiger partial charge in [-0.25, -0.2) is 15.0 Å². The van der Waals surface area contributed by atoms with Crippen LogP contribution in [0, 0.1) is 6.92 Å². The van der Waals surface area contributed by atoms with Gasteiger partial charge in [-0.3, -0.25) is 9.58 Å². The largest absolute Gasteiger partial charge is 0.437 e. The summed E-state index contributed by atoms with van der Waals surface area (Å²) >= 11 is 0. The predicted octanol–water partition coefficient (Wildman–Crippen LogP) is 4.51. The molecule has 0 radical (unpaired) electrons. The second kappa shape index (κ2) is 8.69. The number of para-hydroxylation sites is 2. The van der Waals surface area contributed by atoms with Crippen LogP contribution in [0.2, 0.25) is 0 Å². The summed E-state index contributed by atoms with van der Waals surface area (Å²) in [7, 11) is 0. The minimum atomic E-state index is 0.366. The molecule has 0 bridgehead atoms. The second-order valence-electron chi connectivity index (χ2n) is 9.63. The van der Waals surface area contributed by atoms with Gasteiger partial charge >= 0.3 is 0 Å². The quantitative estimate of drug-likeness (QED) is 0.395. The highest BCUT2D eigenvalue weighted by Gasteiger charge is 2.34. The smallest absolute Gasteiger partial charge is 0.246 e. The van der Waals surface area contributed by atoms with E-state index < -0.39 is 0 Å². The number of ether oxygens (including phenoxy) is 2. The zero-order chi connectivity index (χ0) is 24.1. The number of aromatic amines is 1. The predicted molar refractivity (Wildman–Crippen MR) is 136 cm³/mol. The summed E-state index contributed by atoms with van der Waals surface area (Å²) in [6.07, 6.45) is 6.17. The molecule has 0 atom stereocenters. The fourth-order valence-corrected chi connectivity index (χ4v) is 5.20. The van der Waals surface area contributed by atoms with Crippen molar-refractivity contribution in [1.29, 1.82) is 0 Å². The third kappa shape index (κ3) is 3.90. The van der Waals surface area contributed by atoms with Crippen molar-refractivity contribution in [1.82, 2.24) is 34.6 Å². The highest BCUT2D eigenvalue weighted by atomic mass is 16.5. The number of hydrogen-bond acceptors (Lipinski definition) is 7. The summed E-state index contributed by atoms with van der Waals surface area (Å²) in [5.41, 5.74) is 5.01. The van der Waals surface area contributed by atoms with Crippen LogP contribution in [0.4, 0.5) is 0 Å². The minimum absolute atomic E-state index is 0.366. The van der Waals surface area contributed by atoms with Gasteiger partial charge in [-0.1, -0.05) is 12.1 Å². The van der Waals surface area contributed by atoms with E-state index in [4.69, 9.17) is 24.5 Å². The van der Waals surface area contributed by atoms with Crippen LogP contribution in [0.1, 0.15) is 24.7 Å². The van der Waals surface area contributed by atoms with Gasteiger partial charge in [0.1, 0.15) is 17.3 Å². The molecule has 2 aliphatic heterocycles. The van der Waals surface area contributed by atoms with Crippen molar-refractivity contribution in [3.8, 4) is 22.9 Å². The highest BCUT2D eigenvalue weighted by molar-refractivity contribution is 5.80. The maximum absolute atomic E-state index is 6.32. The molecule has 2 saturated heterocycles. The Morgan fingerprint density at radius 3 is 2.58 bits per heavy atom. The third-order valence-electron chi connectivity index (χ3n) is 7.17. The van der Waals surface area contributed by atoms with E-state index in [-0.39, 0.29) is 0 Å². The zero-order valence-corrected chi connectivity index (χ0v) is 20.1. The Labute approximate surface area is 208 Å². The van der Waals surface area contributed by atoms with Crippen molar-refractivity contribution in [2.45, 2.75) is 31.8 Å². The Morgan fingerprint density at radius 1 is 0.944 bits per heavy atom. The van der Waals surface area contributed by atoms with Crippen LogP contribution in [0.5, 0.6) is 11.6 Å². The van der Waals surface area contributed by atoms with Crippen LogP contribution >= 0.6 is 0 Å². The molecular formula is C27H27N7O2. The first-order valence-corrected chi connectivity index (χ1v) is 12.5. The van der Waals surface area contributed by atoms with Gasteiger partial charge < -0.3 is 14.5 Å². The molecule has 2 aliphatic rings. The molecule has 0 saturated carbocycles. The Bertz CT molecular complexity index is 1550. The van der Waals surface area contributed by atoms with E-state index in [9.17, 15) is 0 Å². The first-order valence-electron chi connectivity index (χ1n) is 12.5. The van der Waals surface area contributed by atoms with Gasteiger partial charge in [-0.2, -0.15) is 5.10 Å². The lowest BCUT2D eigenvalue weighted by Gasteiger charge is -2.45. The van der Waals surface area contributed by atoms with Gasteiger partial charge in [0.05, 0.1) is 34.3 Å². The molecule has 182 valence electrons. The van der Waals surface area contributed by atoms with Gasteiger partial charge in [-0.15, -0.1) is 0 Å². The number of imidazole rings is 1. The molecule has 0 unspecified atom stereocenters. The average molecular weight is 482 g/mol. The van der Waals surface area contributed by atoms with Crippen LogP contribution in [0.15, 0.2) is 54.9 Å². The monoisotopic (exact) mass is 481 g/mol. The lowest BCUT2D eigenvalue weighted by Crippen LogP contribution is -2.54. The van der Waals surface area contributed by atoms with E-state index in [2.05, 4.69) is 25.7 Å². The van der Waals surface area contributed by atoms with Gasteiger partial charge in [0, 0.05) is 50.2 Å². The molecule has 2 fully saturated rings. The summed E-state index contributed by atoms with van der Waals surface area (Å²) in [6, 6.07) is 14.6. The van der Waals surface area contributed by atoms with E-state index >= 15 is 0 Å². The number of nitrogens with one attached hydrogen (secondary N) is 1. The summed E-state index contributed by atoms with van der Waals surface area (Å²) < 4.78 is 13.9. The molecular weight excluding hydrogens is 454 g/mol. The first-order chi connectivity index (χ1) is 17.7. The number of benzene rings is 2. The molecule has 0 amide bonds. The molecule has 5 heterocycles. The SMILES string of the molecule is Cc1nc2ccc(Oc3nc4ccccc4nc3-c3cnn(C4CN(C5CCOCC5)C4)c3)cc2[nH]1. The second-order valence-corrected chi connectivity index (χ2v) is 9.63. The summed E-state index contributed by atoms with van der Waals surface area (Å²) in [5.74, 6) is 2.00. The van der Waals surface area contributed by atoms with Crippen LogP contribution in [-0.4, -0.2) is 67.0 Å². The molecule has 9 heteroatoms. The number of rotatable bonds is 5. The van der Waals surface area contributed by atoms with Crippen molar-refractivity contribution in [3.63, 3.8) is 0 Å². The fourth-order valence-electron chi connectivity index (χ4n) is 5.20. The number of aromatic nitrogens is 6. The van der Waals surface area contributed by atoms with Gasteiger partial charge in [0.15, 0.2) is 0 Å². The third-order valence-corrected chi connectivity index (χ3v) is 7.17. The molecule has 2 aromatic carbocycles. The summed E-state index contributed by atoms with van der Waals surface area (Å²) in [6.45, 7) is 5.71. The zero-order valence-electron chi connectivity index (χ0n) is 20.1. The van der Waals surface area contributed by atoms with Crippen molar-refractivity contribution < 1.29 is 9.47 Å². The maximum Gasteiger partial charge on any atom is 0.246 e. The summed E-state index contributed by atoms with van der Waals surface area (Å²) in [5, 5.41) is 4.69. The van der Waals surface area contributed by atoms with E-state index in [1.165, 1.54) is 0 Å². The first kappa shape index (κ1) is 21.5. The molecule has 5 aromatic rings. The highest BCUT2D eigenvalue weighted by Crippen LogP contribution is 2.34. The number of fused-ring (bicyclic) bond motifs is 2. The minimum Gasteiger partial charge on any atom is -0.437 e. The Balaban J connectivity index is 1.19. The van der Waals surface area contributed by atoms with Crippen LogP contribution in [0.3, 0.4) is 0 Å². The summed E-state index contributed by atoms with van der Waals surface area (Å²) in [4.78, 5) is 20.0. The molecule has 0 aliphatic carbocycles. The lowest BCUT2D eigenvalue weighted by atomic mass is 10.00. The van der Waals surface area contributed by atoms with Gasteiger partial charge in [-0.05, 0) is 44.0 Å². The molecule has 1 N–H and O–H groups in total. The molecule has 0 spiro atoms. The Kier molecular flexibility index (Phi) is 5.18. The number of H-pyrrole nitrogens is 1. The van der Waals surface area contributed by atoms with Crippen molar-refractivity contribution >= 4 is 22.1 Å². The standard InChI is InChI=1S/C27H27N7O2/c1-17-29-24-7-6-21(12-25(24)30-17)36-27-26(31-22-4-2-3-5-23(22)32-27)18-13-28-34(14-18)20-15-33(16-20)19-8-10-35-11-9-19/h2-7,12-14,19-20H,8-11,15-16H2,1H3,(H,29,30). The topological polar surface area (TPSA) is 94.0 Å². The van der Waals surface area contributed by atoms with Crippen LogP contribution < -0.4 is 4.74 Å². The number of hydrogen-bond donors (Lipinski definition) is 1. The maximum atomic E-state index is 6.32. The normalized spacial score (nSPS) is 17.6. The van der Waals surface area contributed by atoms with E-state index in [1.54, 1.807) is 0 Å². The molecule has 7 rings (SSSR count). The van der Waals surface area contributed by atoms with Gasteiger partial charge in [0.25, 0.3) is 0 Å². The molecule has 36 heavy (non-hydrogen) atoms. The van der Waals surface area contributed by atoms with E-state index in [0.717, 1.165) is 72.6 Å². The Hall–Kier alpha value is -3.82. The Morgan fingerprint density at radius 2 is 1.75 bits per heavy atom. The van der Waals surface area contributed by atoms with Crippen molar-refractivity contribution in [3.05, 3.63) is 60.7 Å². The van der Waals surface area contributed by atoms with Gasteiger partial charge in [0.2, 0.25) is 5.88 Å². The average Bonchev–Trinajstić information content (AvgIpc) is 3.49. The van der Waals surface area contributed by atoms with E-state index in [0.29, 0.717) is 29.4 Å². The molecule has 3 aromatic heterocycles. The van der Waals surface area contributed by atoms with Crippen molar-refractivity contribution in [2.75, 3.05) is 26.3 Å². The number of aryl methyl sites for hydroxylation is 1. The van der Waals surface area contributed by atoms with E-state index in [1.807, 2.05) is 55.6 Å². The molecule has 9 nitrogen and oxygen atoms in total. The number of likely N-dealkylation sites (tertiary alicyclic amines) is 1. The van der Waals surface area contributed by atoms with Crippen molar-refractivity contribution in [2.24, 2.45) is 0 Å². The lowest BCUT2D eigenvalue weighted by molar-refractivity contribution is -0.0138. The fraction of sp³-hybridized carbons (Fsp3) is 0.333. The van der Waals surface area contributed by atoms with Crippen LogP contribution in [0.25, 0.3) is 33.3 Å². The van der Waals surface area contributed by atoms with Crippen LogP contribution in [-0.2, 0) is 4.74 Å². The number of nitrogens with zero attached hydrogens (tertiary/aromatic N) is 6.